The maximum atomic E-state index is 5.24. The van der Waals surface area contributed by atoms with Crippen LogP contribution >= 0.6 is 0 Å². The Kier molecular flexibility index (Phi) is 1.35. The van der Waals surface area contributed by atoms with Crippen molar-refractivity contribution < 1.29 is 9.47 Å². The summed E-state index contributed by atoms with van der Waals surface area (Å²) in [5, 5.41) is 3.02. The van der Waals surface area contributed by atoms with E-state index in [9.17, 15) is 0 Å². The van der Waals surface area contributed by atoms with Crippen LogP contribution in [0.15, 0.2) is 18.2 Å². The molecule has 1 aromatic carbocycles. The van der Waals surface area contributed by atoms with E-state index < -0.39 is 0 Å². The molecule has 0 aliphatic carbocycles. The van der Waals surface area contributed by atoms with Crippen LogP contribution < -0.4 is 14.8 Å². The third-order valence-electron chi connectivity index (χ3n) is 1.67. The second kappa shape index (κ2) is 2.34. The van der Waals surface area contributed by atoms with Crippen LogP contribution in [0.25, 0.3) is 0 Å². The number of fused-ring (bicyclic) bond motifs is 1. The summed E-state index contributed by atoms with van der Waals surface area (Å²) in [6.07, 6.45) is 0. The van der Waals surface area contributed by atoms with Gasteiger partial charge in [0, 0.05) is 7.05 Å². The molecule has 11 heavy (non-hydrogen) atoms. The van der Waals surface area contributed by atoms with Crippen molar-refractivity contribution in [2.24, 2.45) is 0 Å². The number of benzene rings is 1. The number of anilines is 1. The molecule has 3 heteroatoms. The predicted octanol–water partition coefficient (Wildman–Crippen LogP) is 1.46. The minimum atomic E-state index is 0.327. The SMILES string of the molecule is CNc1cccc2c1OCO2. The van der Waals surface area contributed by atoms with Crippen LogP contribution in [-0.2, 0) is 0 Å². The van der Waals surface area contributed by atoms with Crippen molar-refractivity contribution in [1.82, 2.24) is 0 Å². The third-order valence-corrected chi connectivity index (χ3v) is 1.67. The number of hydrogen-bond donors (Lipinski definition) is 1. The number of ether oxygens (including phenoxy) is 2. The highest BCUT2D eigenvalue weighted by molar-refractivity contribution is 5.63. The zero-order chi connectivity index (χ0) is 7.68. The summed E-state index contributed by atoms with van der Waals surface area (Å²) >= 11 is 0. The highest BCUT2D eigenvalue weighted by atomic mass is 16.7. The van der Waals surface area contributed by atoms with Crippen LogP contribution in [0.5, 0.6) is 11.5 Å². The first-order valence-corrected chi connectivity index (χ1v) is 3.48. The summed E-state index contributed by atoms with van der Waals surface area (Å²) in [6.45, 7) is 0.327. The Labute approximate surface area is 64.9 Å². The summed E-state index contributed by atoms with van der Waals surface area (Å²) in [4.78, 5) is 0. The molecule has 0 amide bonds. The highest BCUT2D eigenvalue weighted by Crippen LogP contribution is 2.38. The summed E-state index contributed by atoms with van der Waals surface area (Å²) in [7, 11) is 1.86. The second-order valence-electron chi connectivity index (χ2n) is 2.29. The topological polar surface area (TPSA) is 30.5 Å². The fourth-order valence-corrected chi connectivity index (χ4v) is 1.13. The Balaban J connectivity index is 2.50. The molecule has 1 aromatic rings. The molecule has 0 fully saturated rings. The Bertz CT molecular complexity index is 273. The van der Waals surface area contributed by atoms with Gasteiger partial charge < -0.3 is 14.8 Å². The second-order valence-corrected chi connectivity index (χ2v) is 2.29. The summed E-state index contributed by atoms with van der Waals surface area (Å²) < 4.78 is 10.4. The molecule has 0 spiro atoms. The molecular formula is C8H9NO2. The molecule has 3 nitrogen and oxygen atoms in total. The van der Waals surface area contributed by atoms with Crippen molar-refractivity contribution in [3.8, 4) is 11.5 Å². The van der Waals surface area contributed by atoms with E-state index in [0.717, 1.165) is 17.2 Å². The molecule has 1 aliphatic heterocycles. The molecule has 0 aromatic heterocycles. The van der Waals surface area contributed by atoms with Gasteiger partial charge in [0.15, 0.2) is 11.5 Å². The van der Waals surface area contributed by atoms with Crippen LogP contribution in [0.3, 0.4) is 0 Å². The number of rotatable bonds is 1. The van der Waals surface area contributed by atoms with E-state index in [1.807, 2.05) is 25.2 Å². The minimum absolute atomic E-state index is 0.327. The number of hydrogen-bond acceptors (Lipinski definition) is 3. The van der Waals surface area contributed by atoms with Crippen LogP contribution in [0.4, 0.5) is 5.69 Å². The summed E-state index contributed by atoms with van der Waals surface area (Å²) in [5.41, 5.74) is 0.972. The first kappa shape index (κ1) is 6.34. The molecule has 0 radical (unpaired) electrons. The Morgan fingerprint density at radius 2 is 2.27 bits per heavy atom. The Morgan fingerprint density at radius 3 is 3.09 bits per heavy atom. The minimum Gasteiger partial charge on any atom is -0.454 e. The standard InChI is InChI=1S/C8H9NO2/c1-9-6-3-2-4-7-8(6)11-5-10-7/h2-4,9H,5H2,1H3. The molecule has 2 rings (SSSR count). The maximum Gasteiger partial charge on any atom is 0.231 e. The first-order chi connectivity index (χ1) is 5.42. The van der Waals surface area contributed by atoms with E-state index in [1.54, 1.807) is 0 Å². The van der Waals surface area contributed by atoms with Crippen LogP contribution in [-0.4, -0.2) is 13.8 Å². The van der Waals surface area contributed by atoms with Gasteiger partial charge in [0.1, 0.15) is 0 Å². The van der Waals surface area contributed by atoms with Gasteiger partial charge in [0.2, 0.25) is 6.79 Å². The van der Waals surface area contributed by atoms with Gasteiger partial charge in [-0.05, 0) is 12.1 Å². The van der Waals surface area contributed by atoms with Crippen molar-refractivity contribution in [1.29, 1.82) is 0 Å². The van der Waals surface area contributed by atoms with E-state index in [0.29, 0.717) is 6.79 Å². The van der Waals surface area contributed by atoms with Crippen LogP contribution in [0, 0.1) is 0 Å². The van der Waals surface area contributed by atoms with Crippen molar-refractivity contribution >= 4 is 5.69 Å². The lowest BCUT2D eigenvalue weighted by Crippen LogP contribution is -1.94. The summed E-state index contributed by atoms with van der Waals surface area (Å²) in [6, 6.07) is 5.77. The molecule has 58 valence electrons. The molecule has 1 heterocycles. The number of nitrogens with one attached hydrogen (secondary N) is 1. The van der Waals surface area contributed by atoms with Crippen molar-refractivity contribution in [2.45, 2.75) is 0 Å². The van der Waals surface area contributed by atoms with Crippen molar-refractivity contribution in [2.75, 3.05) is 19.2 Å². The lowest BCUT2D eigenvalue weighted by molar-refractivity contribution is 0.174. The Hall–Kier alpha value is -1.38. The van der Waals surface area contributed by atoms with Gasteiger partial charge in [-0.1, -0.05) is 6.07 Å². The maximum absolute atomic E-state index is 5.24. The molecule has 0 bridgehead atoms. The first-order valence-electron chi connectivity index (χ1n) is 3.48. The zero-order valence-corrected chi connectivity index (χ0v) is 6.26. The third kappa shape index (κ3) is 0.888. The number of para-hydroxylation sites is 1. The fraction of sp³-hybridized carbons (Fsp3) is 0.250. The highest BCUT2D eigenvalue weighted by Gasteiger charge is 2.15. The largest absolute Gasteiger partial charge is 0.454 e. The van der Waals surface area contributed by atoms with E-state index >= 15 is 0 Å². The molecule has 0 saturated carbocycles. The predicted molar refractivity (Wildman–Crippen MR) is 42.1 cm³/mol. The van der Waals surface area contributed by atoms with Gasteiger partial charge in [-0.2, -0.15) is 0 Å². The van der Waals surface area contributed by atoms with Gasteiger partial charge in [-0.3, -0.25) is 0 Å². The normalized spacial score (nSPS) is 13.2. The van der Waals surface area contributed by atoms with E-state index in [2.05, 4.69) is 5.32 Å². The van der Waals surface area contributed by atoms with E-state index in [1.165, 1.54) is 0 Å². The zero-order valence-electron chi connectivity index (χ0n) is 6.26. The average molecular weight is 151 g/mol. The van der Waals surface area contributed by atoms with Gasteiger partial charge in [0.25, 0.3) is 0 Å². The van der Waals surface area contributed by atoms with Crippen molar-refractivity contribution in [3.05, 3.63) is 18.2 Å². The van der Waals surface area contributed by atoms with Crippen LogP contribution in [0.1, 0.15) is 0 Å². The lowest BCUT2D eigenvalue weighted by Gasteiger charge is -2.02. The van der Waals surface area contributed by atoms with Crippen LogP contribution in [0.2, 0.25) is 0 Å². The van der Waals surface area contributed by atoms with Gasteiger partial charge in [-0.15, -0.1) is 0 Å². The quantitative estimate of drug-likeness (QED) is 0.659. The molecule has 1 N–H and O–H groups in total. The van der Waals surface area contributed by atoms with Gasteiger partial charge in [-0.25, -0.2) is 0 Å². The van der Waals surface area contributed by atoms with Gasteiger partial charge in [0.05, 0.1) is 5.69 Å². The monoisotopic (exact) mass is 151 g/mol. The van der Waals surface area contributed by atoms with Gasteiger partial charge >= 0.3 is 0 Å². The molecular weight excluding hydrogens is 142 g/mol. The smallest absolute Gasteiger partial charge is 0.231 e. The molecule has 0 atom stereocenters. The Morgan fingerprint density at radius 1 is 1.36 bits per heavy atom. The lowest BCUT2D eigenvalue weighted by atomic mass is 10.3. The summed E-state index contributed by atoms with van der Waals surface area (Å²) in [5.74, 6) is 1.63. The average Bonchev–Trinajstić information content (AvgIpc) is 2.50. The van der Waals surface area contributed by atoms with E-state index in [4.69, 9.17) is 9.47 Å². The molecule has 0 unspecified atom stereocenters. The van der Waals surface area contributed by atoms with Crippen molar-refractivity contribution in [3.63, 3.8) is 0 Å². The molecule has 0 saturated heterocycles. The fourth-order valence-electron chi connectivity index (χ4n) is 1.13. The van der Waals surface area contributed by atoms with E-state index in [-0.39, 0.29) is 0 Å². The molecule has 1 aliphatic rings.